The van der Waals surface area contributed by atoms with Crippen LogP contribution in [0.1, 0.15) is 20.8 Å². The van der Waals surface area contributed by atoms with Crippen LogP contribution in [-0.2, 0) is 9.53 Å². The molecule has 5 nitrogen and oxygen atoms in total. The average molecular weight is 305 g/mol. The van der Waals surface area contributed by atoms with Gasteiger partial charge in [0.05, 0.1) is 6.10 Å². The summed E-state index contributed by atoms with van der Waals surface area (Å²) in [6.07, 6.45) is -0.208. The first-order chi connectivity index (χ1) is 8.80. The molecular weight excluding hydrogens is 287 g/mol. The van der Waals surface area contributed by atoms with Gasteiger partial charge in [-0.1, -0.05) is 18.2 Å². The molecule has 0 aliphatic carbocycles. The van der Waals surface area contributed by atoms with Gasteiger partial charge in [-0.25, -0.2) is 5.09 Å². The largest absolute Gasteiger partial charge is 0.462 e. The molecule has 0 heterocycles. The van der Waals surface area contributed by atoms with Crippen molar-refractivity contribution in [2.75, 3.05) is 0 Å². The molecule has 2 N–H and O–H groups in total. The number of ether oxygens (including phenoxy) is 1. The number of carbonyl (C=O) groups excluding carboxylic acids is 1. The standard InChI is InChI=1S/C12H18ClN2O3P/c1-9(2)17-12(16)10(3)15-19(13,14)18-11-7-5-4-6-8-11/h4-10H,1-3H3,(H2,14,15)/t10-,19?/m1/s1. The van der Waals surface area contributed by atoms with Crippen LogP contribution in [0.5, 0.6) is 5.75 Å². The highest BCUT2D eigenvalue weighted by Crippen LogP contribution is 2.49. The fourth-order valence-corrected chi connectivity index (χ4v) is 3.04. The monoisotopic (exact) mass is 304 g/mol. The van der Waals surface area contributed by atoms with Crippen molar-refractivity contribution >= 4 is 24.0 Å². The van der Waals surface area contributed by atoms with E-state index in [-0.39, 0.29) is 6.10 Å². The zero-order chi connectivity index (χ0) is 14.5. The second-order valence-corrected chi connectivity index (χ2v) is 7.21. The molecule has 7 heteroatoms. The van der Waals surface area contributed by atoms with Crippen LogP contribution in [0.2, 0.25) is 0 Å². The Balaban J connectivity index is 2.59. The fourth-order valence-electron chi connectivity index (χ4n) is 1.29. The molecule has 0 saturated heterocycles. The maximum absolute atomic E-state index is 11.6. The van der Waals surface area contributed by atoms with E-state index in [1.165, 1.54) is 0 Å². The van der Waals surface area contributed by atoms with Gasteiger partial charge in [-0.15, -0.1) is 0 Å². The van der Waals surface area contributed by atoms with Gasteiger partial charge in [0, 0.05) is 0 Å². The van der Waals surface area contributed by atoms with Gasteiger partial charge in [0.2, 0.25) is 0 Å². The third-order valence-electron chi connectivity index (χ3n) is 2.04. The highest BCUT2D eigenvalue weighted by molar-refractivity contribution is 7.85. The molecule has 0 amide bonds. The van der Waals surface area contributed by atoms with Crippen molar-refractivity contribution in [2.45, 2.75) is 32.9 Å². The first-order valence-electron chi connectivity index (χ1n) is 5.87. The van der Waals surface area contributed by atoms with E-state index in [9.17, 15) is 4.79 Å². The molecule has 1 unspecified atom stereocenters. The summed E-state index contributed by atoms with van der Waals surface area (Å²) in [5.41, 5.74) is 0. The molecule has 0 spiro atoms. The minimum atomic E-state index is -3.15. The summed E-state index contributed by atoms with van der Waals surface area (Å²) in [7, 11) is 0. The predicted octanol–water partition coefficient (Wildman–Crippen LogP) is 3.76. The third kappa shape index (κ3) is 6.10. The Labute approximate surface area is 118 Å². The summed E-state index contributed by atoms with van der Waals surface area (Å²) in [5.74, 6) is 0.0293. The van der Waals surface area contributed by atoms with E-state index in [1.807, 2.05) is 6.07 Å². The molecule has 0 bridgehead atoms. The maximum atomic E-state index is 11.6. The van der Waals surface area contributed by atoms with E-state index in [4.69, 9.17) is 25.7 Å². The molecule has 1 aromatic rings. The van der Waals surface area contributed by atoms with Crippen LogP contribution < -0.4 is 9.61 Å². The summed E-state index contributed by atoms with van der Waals surface area (Å²) in [6.45, 7) is 1.96. The van der Waals surface area contributed by atoms with Gasteiger partial charge >= 0.3 is 5.97 Å². The number of nitrogens with one attached hydrogen (secondary N) is 2. The van der Waals surface area contributed by atoms with Gasteiger partial charge in [-0.2, -0.15) is 0 Å². The molecule has 1 aromatic carbocycles. The molecule has 0 fully saturated rings. The Morgan fingerprint density at radius 3 is 2.42 bits per heavy atom. The maximum Gasteiger partial charge on any atom is 0.323 e. The fraction of sp³-hybridized carbons (Fsp3) is 0.417. The minimum absolute atomic E-state index is 0.208. The Bertz CT molecular complexity index is 467. The van der Waals surface area contributed by atoms with E-state index in [0.29, 0.717) is 5.75 Å². The normalized spacial score (nSPS) is 15.6. The molecular formula is C12H18ClN2O3P. The Morgan fingerprint density at radius 2 is 1.89 bits per heavy atom. The van der Waals surface area contributed by atoms with Crippen LogP contribution in [0.15, 0.2) is 30.3 Å². The number of hydrogen-bond donors (Lipinski definition) is 2. The number of benzene rings is 1. The first-order valence-corrected chi connectivity index (χ1v) is 8.48. The molecule has 106 valence electrons. The molecule has 0 saturated carbocycles. The quantitative estimate of drug-likeness (QED) is 0.620. The predicted molar refractivity (Wildman–Crippen MR) is 76.4 cm³/mol. The van der Waals surface area contributed by atoms with Crippen LogP contribution in [-0.4, -0.2) is 18.1 Å². The lowest BCUT2D eigenvalue weighted by Gasteiger charge is -2.21. The van der Waals surface area contributed by atoms with Crippen LogP contribution >= 0.6 is 18.0 Å². The number of carbonyl (C=O) groups is 1. The Kier molecular flexibility index (Phi) is 5.85. The highest BCUT2D eigenvalue weighted by atomic mass is 35.7. The van der Waals surface area contributed by atoms with Crippen molar-refractivity contribution < 1.29 is 14.1 Å². The van der Waals surface area contributed by atoms with Gasteiger partial charge in [0.25, 0.3) is 6.78 Å². The zero-order valence-corrected chi connectivity index (χ0v) is 12.7. The SMILES string of the molecule is CC(C)OC(=O)[C@@H](C)NP(=N)(Cl)Oc1ccccc1. The summed E-state index contributed by atoms with van der Waals surface area (Å²) in [4.78, 5) is 11.6. The summed E-state index contributed by atoms with van der Waals surface area (Å²) >= 11 is 5.98. The van der Waals surface area contributed by atoms with Crippen molar-refractivity contribution in [3.63, 3.8) is 0 Å². The number of esters is 1. The van der Waals surface area contributed by atoms with Crippen LogP contribution in [0.3, 0.4) is 0 Å². The number of rotatable bonds is 6. The van der Waals surface area contributed by atoms with Gasteiger partial charge in [-0.3, -0.25) is 9.96 Å². The molecule has 0 aliphatic rings. The Hall–Kier alpha value is -1.03. The lowest BCUT2D eigenvalue weighted by atomic mass is 10.3. The molecule has 0 aliphatic heterocycles. The second kappa shape index (κ2) is 6.94. The lowest BCUT2D eigenvalue weighted by Crippen LogP contribution is -2.34. The number of para-hydroxylation sites is 1. The van der Waals surface area contributed by atoms with Crippen LogP contribution in [0, 0.1) is 5.16 Å². The van der Waals surface area contributed by atoms with E-state index < -0.39 is 18.8 Å². The number of hydrogen-bond acceptors (Lipinski definition) is 4. The van der Waals surface area contributed by atoms with Gasteiger partial charge in [0.15, 0.2) is 0 Å². The average Bonchev–Trinajstić information content (AvgIpc) is 2.27. The lowest BCUT2D eigenvalue weighted by molar-refractivity contribution is -0.148. The summed E-state index contributed by atoms with van der Waals surface area (Å²) in [6, 6.07) is 8.09. The van der Waals surface area contributed by atoms with Gasteiger partial charge < -0.3 is 9.26 Å². The van der Waals surface area contributed by atoms with Gasteiger partial charge in [0.1, 0.15) is 11.8 Å². The minimum Gasteiger partial charge on any atom is -0.462 e. The van der Waals surface area contributed by atoms with Crippen LogP contribution in [0.25, 0.3) is 0 Å². The number of halogens is 1. The Morgan fingerprint density at radius 1 is 1.32 bits per heavy atom. The van der Waals surface area contributed by atoms with Crippen molar-refractivity contribution in [1.29, 1.82) is 5.16 Å². The van der Waals surface area contributed by atoms with Gasteiger partial charge in [-0.05, 0) is 44.1 Å². The van der Waals surface area contributed by atoms with Crippen molar-refractivity contribution in [1.82, 2.24) is 5.09 Å². The van der Waals surface area contributed by atoms with Crippen molar-refractivity contribution in [3.8, 4) is 5.75 Å². The third-order valence-corrected chi connectivity index (χ3v) is 3.72. The zero-order valence-electron chi connectivity index (χ0n) is 11.1. The summed E-state index contributed by atoms with van der Waals surface area (Å²) in [5, 5.41) is 10.6. The topological polar surface area (TPSA) is 71.4 Å². The van der Waals surface area contributed by atoms with Crippen molar-refractivity contribution in [3.05, 3.63) is 30.3 Å². The molecule has 19 heavy (non-hydrogen) atoms. The smallest absolute Gasteiger partial charge is 0.323 e. The summed E-state index contributed by atoms with van der Waals surface area (Å²) < 4.78 is 10.4. The van der Waals surface area contributed by atoms with E-state index in [2.05, 4.69) is 5.09 Å². The molecule has 0 aromatic heterocycles. The molecule has 2 atom stereocenters. The first kappa shape index (κ1) is 16.0. The second-order valence-electron chi connectivity index (χ2n) is 4.27. The van der Waals surface area contributed by atoms with E-state index >= 15 is 0 Å². The highest BCUT2D eigenvalue weighted by Gasteiger charge is 2.24. The molecule has 1 rings (SSSR count). The van der Waals surface area contributed by atoms with E-state index in [1.54, 1.807) is 45.0 Å². The van der Waals surface area contributed by atoms with Crippen LogP contribution in [0.4, 0.5) is 0 Å². The van der Waals surface area contributed by atoms with E-state index in [0.717, 1.165) is 0 Å². The molecule has 0 radical (unpaired) electrons. The van der Waals surface area contributed by atoms with Crippen molar-refractivity contribution in [2.24, 2.45) is 0 Å².